The van der Waals surface area contributed by atoms with Gasteiger partial charge in [0, 0.05) is 0 Å². The van der Waals surface area contributed by atoms with Crippen LogP contribution in [0.15, 0.2) is 58.5 Å². The number of hydrogen-bond acceptors (Lipinski definition) is 4. The monoisotopic (exact) mass is 310 g/mol. The molecule has 0 aromatic heterocycles. The van der Waals surface area contributed by atoms with Gasteiger partial charge in [-0.1, -0.05) is 41.9 Å². The van der Waals surface area contributed by atoms with Gasteiger partial charge in [0.05, 0.1) is 16.1 Å². The topological polar surface area (TPSA) is 78.8 Å². The molecular formula is C13H11ClN2O3S. The van der Waals surface area contributed by atoms with Crippen molar-refractivity contribution in [2.75, 3.05) is 0 Å². The fraction of sp³-hybridized carbons (Fsp3) is 0. The first kappa shape index (κ1) is 14.4. The van der Waals surface area contributed by atoms with Crippen LogP contribution in [0.4, 0.5) is 0 Å². The lowest BCUT2D eigenvalue weighted by atomic mass is 10.2. The molecule has 0 aliphatic carbocycles. The Labute approximate surface area is 121 Å². The normalized spacial score (nSPS) is 11.7. The smallest absolute Gasteiger partial charge is 0.276 e. The Balaban J connectivity index is 2.15. The minimum atomic E-state index is -3.81. The molecule has 0 amide bonds. The van der Waals surface area contributed by atoms with E-state index in [9.17, 15) is 13.5 Å². The molecule has 0 unspecified atom stereocenters. The molecule has 0 aliphatic rings. The third-order valence-electron chi connectivity index (χ3n) is 2.42. The molecule has 0 radical (unpaired) electrons. The van der Waals surface area contributed by atoms with Gasteiger partial charge >= 0.3 is 0 Å². The molecule has 0 aliphatic heterocycles. The molecule has 0 heterocycles. The highest BCUT2D eigenvalue weighted by molar-refractivity contribution is 7.89. The number of nitrogens with zero attached hydrogens (tertiary/aromatic N) is 1. The van der Waals surface area contributed by atoms with Crippen LogP contribution in [0.25, 0.3) is 0 Å². The number of hydrazone groups is 1. The molecule has 2 aromatic rings. The summed E-state index contributed by atoms with van der Waals surface area (Å²) in [6, 6.07) is 12.6. The van der Waals surface area contributed by atoms with Crippen LogP contribution in [0.2, 0.25) is 5.02 Å². The van der Waals surface area contributed by atoms with Gasteiger partial charge in [-0.2, -0.15) is 13.5 Å². The number of phenols is 1. The highest BCUT2D eigenvalue weighted by Gasteiger charge is 2.14. The number of phenolic OH excluding ortho intramolecular Hbond substituents is 1. The molecule has 0 saturated carbocycles. The second kappa shape index (κ2) is 5.94. The minimum absolute atomic E-state index is 0.0417. The van der Waals surface area contributed by atoms with E-state index < -0.39 is 10.0 Å². The van der Waals surface area contributed by atoms with E-state index >= 15 is 0 Å². The summed E-state index contributed by atoms with van der Waals surface area (Å²) in [6.45, 7) is 0. The van der Waals surface area contributed by atoms with Crippen LogP contribution in [0.5, 0.6) is 5.75 Å². The van der Waals surface area contributed by atoms with E-state index in [1.54, 1.807) is 12.1 Å². The second-order valence-corrected chi connectivity index (χ2v) is 5.94. The molecule has 104 valence electrons. The Morgan fingerprint density at radius 1 is 1.15 bits per heavy atom. The van der Waals surface area contributed by atoms with Gasteiger partial charge in [0.15, 0.2) is 0 Å². The standard InChI is InChI=1S/C13H11ClN2O3S/c14-12-8-11(6-7-13(12)17)20(18,19)16-15-9-10-4-2-1-3-5-10/h1-9,16-17H. The van der Waals surface area contributed by atoms with Crippen molar-refractivity contribution in [1.82, 2.24) is 4.83 Å². The molecule has 0 spiro atoms. The van der Waals surface area contributed by atoms with Gasteiger partial charge in [-0.25, -0.2) is 4.83 Å². The van der Waals surface area contributed by atoms with Gasteiger partial charge in [0.1, 0.15) is 5.75 Å². The van der Waals surface area contributed by atoms with Gasteiger partial charge in [0.25, 0.3) is 10.0 Å². The number of aromatic hydroxyl groups is 1. The van der Waals surface area contributed by atoms with Crippen molar-refractivity contribution in [2.24, 2.45) is 5.10 Å². The van der Waals surface area contributed by atoms with Gasteiger partial charge in [-0.15, -0.1) is 0 Å². The first-order valence-corrected chi connectivity index (χ1v) is 7.43. The lowest BCUT2D eigenvalue weighted by Gasteiger charge is -2.04. The Morgan fingerprint density at radius 2 is 1.85 bits per heavy atom. The molecule has 2 N–H and O–H groups in total. The van der Waals surface area contributed by atoms with Crippen LogP contribution in [0, 0.1) is 0 Å². The van der Waals surface area contributed by atoms with Crippen molar-refractivity contribution in [3.05, 3.63) is 59.1 Å². The summed E-state index contributed by atoms with van der Waals surface area (Å²) in [6.07, 6.45) is 1.39. The first-order valence-electron chi connectivity index (χ1n) is 5.57. The largest absolute Gasteiger partial charge is 0.506 e. The Hall–Kier alpha value is -2.05. The average molecular weight is 311 g/mol. The molecule has 0 atom stereocenters. The molecule has 2 rings (SSSR count). The van der Waals surface area contributed by atoms with Crippen molar-refractivity contribution in [1.29, 1.82) is 0 Å². The number of hydrogen-bond donors (Lipinski definition) is 2. The summed E-state index contributed by atoms with van der Waals surface area (Å²) < 4.78 is 23.8. The van der Waals surface area contributed by atoms with Crippen LogP contribution in [0.3, 0.4) is 0 Å². The number of halogens is 1. The summed E-state index contributed by atoms with van der Waals surface area (Å²) in [5.74, 6) is -0.182. The molecule has 7 heteroatoms. The van der Waals surface area contributed by atoms with Crippen molar-refractivity contribution in [2.45, 2.75) is 4.90 Å². The molecular weight excluding hydrogens is 300 g/mol. The maximum atomic E-state index is 11.9. The number of benzene rings is 2. The number of nitrogens with one attached hydrogen (secondary N) is 1. The minimum Gasteiger partial charge on any atom is -0.506 e. The first-order chi connectivity index (χ1) is 9.49. The third kappa shape index (κ3) is 3.49. The van der Waals surface area contributed by atoms with Gasteiger partial charge in [-0.3, -0.25) is 0 Å². The summed E-state index contributed by atoms with van der Waals surface area (Å²) in [7, 11) is -3.81. The molecule has 2 aromatic carbocycles. The van der Waals surface area contributed by atoms with Crippen molar-refractivity contribution >= 4 is 27.8 Å². The zero-order valence-electron chi connectivity index (χ0n) is 10.2. The van der Waals surface area contributed by atoms with Gasteiger partial charge < -0.3 is 5.11 Å². The van der Waals surface area contributed by atoms with Crippen LogP contribution >= 0.6 is 11.6 Å². The molecule has 5 nitrogen and oxygen atoms in total. The van der Waals surface area contributed by atoms with Crippen LogP contribution < -0.4 is 4.83 Å². The predicted molar refractivity (Wildman–Crippen MR) is 77.5 cm³/mol. The zero-order valence-corrected chi connectivity index (χ0v) is 11.8. The van der Waals surface area contributed by atoms with Gasteiger partial charge in [0.2, 0.25) is 0 Å². The van der Waals surface area contributed by atoms with E-state index in [2.05, 4.69) is 9.93 Å². The highest BCUT2D eigenvalue weighted by Crippen LogP contribution is 2.25. The highest BCUT2D eigenvalue weighted by atomic mass is 35.5. The van der Waals surface area contributed by atoms with E-state index in [0.29, 0.717) is 0 Å². The van der Waals surface area contributed by atoms with E-state index in [-0.39, 0.29) is 15.7 Å². The molecule has 0 fully saturated rings. The fourth-order valence-corrected chi connectivity index (χ4v) is 2.48. The van der Waals surface area contributed by atoms with Crippen molar-refractivity contribution in [3.8, 4) is 5.75 Å². The van der Waals surface area contributed by atoms with Crippen molar-refractivity contribution < 1.29 is 13.5 Å². The van der Waals surface area contributed by atoms with Crippen LogP contribution in [-0.4, -0.2) is 19.7 Å². The van der Waals surface area contributed by atoms with E-state index in [1.807, 2.05) is 18.2 Å². The van der Waals surface area contributed by atoms with Crippen LogP contribution in [0.1, 0.15) is 5.56 Å². The second-order valence-electron chi connectivity index (χ2n) is 3.88. The number of rotatable bonds is 4. The maximum absolute atomic E-state index is 11.9. The SMILES string of the molecule is O=S(=O)(NN=Cc1ccccc1)c1ccc(O)c(Cl)c1. The molecule has 0 bridgehead atoms. The van der Waals surface area contributed by atoms with Crippen LogP contribution in [-0.2, 0) is 10.0 Å². The average Bonchev–Trinajstić information content (AvgIpc) is 2.43. The summed E-state index contributed by atoms with van der Waals surface area (Å²) >= 11 is 5.67. The third-order valence-corrected chi connectivity index (χ3v) is 3.94. The quantitative estimate of drug-likeness (QED) is 0.672. The summed E-state index contributed by atoms with van der Waals surface area (Å²) in [4.78, 5) is 1.99. The fourth-order valence-electron chi connectivity index (χ4n) is 1.42. The lowest BCUT2D eigenvalue weighted by molar-refractivity contribution is 0.475. The summed E-state index contributed by atoms with van der Waals surface area (Å²) in [5, 5.41) is 12.9. The zero-order chi connectivity index (χ0) is 14.6. The van der Waals surface area contributed by atoms with E-state index in [1.165, 1.54) is 18.3 Å². The van der Waals surface area contributed by atoms with Crippen molar-refractivity contribution in [3.63, 3.8) is 0 Å². The maximum Gasteiger partial charge on any atom is 0.276 e. The molecule has 0 saturated heterocycles. The van der Waals surface area contributed by atoms with E-state index in [0.717, 1.165) is 11.6 Å². The number of sulfonamides is 1. The molecule has 20 heavy (non-hydrogen) atoms. The van der Waals surface area contributed by atoms with Gasteiger partial charge in [-0.05, 0) is 23.8 Å². The Kier molecular flexibility index (Phi) is 4.26. The lowest BCUT2D eigenvalue weighted by Crippen LogP contribution is -2.18. The predicted octanol–water partition coefficient (Wildman–Crippen LogP) is 2.36. The van der Waals surface area contributed by atoms with E-state index in [4.69, 9.17) is 11.6 Å². The Bertz CT molecular complexity index is 731. The summed E-state index contributed by atoms with van der Waals surface area (Å²) in [5.41, 5.74) is 0.763. The Morgan fingerprint density at radius 3 is 2.50 bits per heavy atom.